The summed E-state index contributed by atoms with van der Waals surface area (Å²) in [5.41, 5.74) is 5.97. The molecule has 3 rings (SSSR count). The van der Waals surface area contributed by atoms with Gasteiger partial charge in [0.2, 0.25) is 15.9 Å². The summed E-state index contributed by atoms with van der Waals surface area (Å²) >= 11 is 0. The van der Waals surface area contributed by atoms with Crippen molar-refractivity contribution in [1.29, 1.82) is 0 Å². The van der Waals surface area contributed by atoms with E-state index in [1.165, 1.54) is 24.3 Å². The van der Waals surface area contributed by atoms with Crippen molar-refractivity contribution in [2.75, 3.05) is 23.3 Å². The van der Waals surface area contributed by atoms with Crippen molar-refractivity contribution >= 4 is 33.2 Å². The van der Waals surface area contributed by atoms with E-state index in [9.17, 15) is 22.4 Å². The highest BCUT2D eigenvalue weighted by atomic mass is 32.2. The molecule has 0 aromatic heterocycles. The van der Waals surface area contributed by atoms with Crippen LogP contribution in [0.2, 0.25) is 0 Å². The molecule has 8 nitrogen and oxygen atoms in total. The second-order valence-electron chi connectivity index (χ2n) is 8.21. The number of halogens is 1. The van der Waals surface area contributed by atoms with E-state index in [0.717, 1.165) is 0 Å². The molecule has 1 aliphatic heterocycles. The Kier molecular flexibility index (Phi) is 7.70. The van der Waals surface area contributed by atoms with E-state index in [2.05, 4.69) is 10.0 Å². The lowest BCUT2D eigenvalue weighted by Gasteiger charge is -2.33. The second kappa shape index (κ2) is 10.3. The first-order valence-corrected chi connectivity index (χ1v) is 12.4. The van der Waals surface area contributed by atoms with Crippen molar-refractivity contribution in [1.82, 2.24) is 4.72 Å². The number of hydrogen-bond acceptors (Lipinski definition) is 5. The van der Waals surface area contributed by atoms with Gasteiger partial charge in [0.1, 0.15) is 10.7 Å². The van der Waals surface area contributed by atoms with Crippen LogP contribution in [0.25, 0.3) is 0 Å². The van der Waals surface area contributed by atoms with Crippen LogP contribution in [-0.2, 0) is 14.8 Å². The van der Waals surface area contributed by atoms with Gasteiger partial charge in [-0.15, -0.1) is 0 Å². The first kappa shape index (κ1) is 24.7. The summed E-state index contributed by atoms with van der Waals surface area (Å²) in [4.78, 5) is 25.9. The Morgan fingerprint density at radius 3 is 2.45 bits per heavy atom. The van der Waals surface area contributed by atoms with Crippen LogP contribution < -0.4 is 20.7 Å². The summed E-state index contributed by atoms with van der Waals surface area (Å²) in [5, 5.41) is 2.58. The molecule has 0 spiro atoms. The van der Waals surface area contributed by atoms with Crippen LogP contribution in [0.15, 0.2) is 47.4 Å². The van der Waals surface area contributed by atoms with Gasteiger partial charge in [-0.3, -0.25) is 9.59 Å². The lowest BCUT2D eigenvalue weighted by Crippen LogP contribution is -2.40. The molecule has 0 saturated carbocycles. The van der Waals surface area contributed by atoms with Crippen molar-refractivity contribution < 1.29 is 22.4 Å². The Balaban J connectivity index is 1.94. The zero-order chi connectivity index (χ0) is 24.2. The van der Waals surface area contributed by atoms with E-state index in [1.54, 1.807) is 25.1 Å². The number of amides is 2. The van der Waals surface area contributed by atoms with Gasteiger partial charge < -0.3 is 16.0 Å². The highest BCUT2D eigenvalue weighted by molar-refractivity contribution is 7.89. The molecule has 1 atom stereocenters. The number of carbonyl (C=O) groups excluding carboxylic acids is 2. The van der Waals surface area contributed by atoms with Crippen molar-refractivity contribution in [3.8, 4) is 0 Å². The Bertz CT molecular complexity index is 1130. The highest BCUT2D eigenvalue weighted by Crippen LogP contribution is 2.32. The number of hydrogen-bond donors (Lipinski definition) is 3. The van der Waals surface area contributed by atoms with E-state index in [-0.39, 0.29) is 34.0 Å². The Morgan fingerprint density at radius 2 is 1.85 bits per heavy atom. The van der Waals surface area contributed by atoms with Gasteiger partial charge in [-0.2, -0.15) is 0 Å². The van der Waals surface area contributed by atoms with Gasteiger partial charge in [0.05, 0.1) is 11.3 Å². The van der Waals surface area contributed by atoms with Gasteiger partial charge in [-0.25, -0.2) is 17.5 Å². The number of nitrogens with zero attached hydrogens (tertiary/aromatic N) is 1. The maximum Gasteiger partial charge on any atom is 0.258 e. The minimum Gasteiger partial charge on any atom is -0.370 e. The lowest BCUT2D eigenvalue weighted by molar-refractivity contribution is -0.122. The van der Waals surface area contributed by atoms with Crippen molar-refractivity contribution in [3.63, 3.8) is 0 Å². The molecule has 1 fully saturated rings. The maximum absolute atomic E-state index is 14.0. The highest BCUT2D eigenvalue weighted by Gasteiger charge is 2.28. The van der Waals surface area contributed by atoms with Gasteiger partial charge in [0.25, 0.3) is 5.91 Å². The van der Waals surface area contributed by atoms with Crippen LogP contribution in [-0.4, -0.2) is 39.4 Å². The Hall–Kier alpha value is -2.98. The molecule has 10 heteroatoms. The lowest BCUT2D eigenvalue weighted by atomic mass is 9.96. The van der Waals surface area contributed by atoms with Crippen LogP contribution >= 0.6 is 0 Å². The molecule has 1 aliphatic rings. The van der Waals surface area contributed by atoms with Gasteiger partial charge in [0.15, 0.2) is 0 Å². The average Bonchev–Trinajstić information content (AvgIpc) is 2.79. The summed E-state index contributed by atoms with van der Waals surface area (Å²) in [6.45, 7) is 4.58. The number of anilines is 2. The van der Waals surface area contributed by atoms with E-state index >= 15 is 0 Å². The third-order valence-corrected chi connectivity index (χ3v) is 7.45. The molecule has 2 amide bonds. The number of sulfonamides is 1. The molecule has 2 aromatic carbocycles. The summed E-state index contributed by atoms with van der Waals surface area (Å²) < 4.78 is 43.1. The number of benzene rings is 2. The fourth-order valence-electron chi connectivity index (χ4n) is 3.73. The molecule has 2 aromatic rings. The fourth-order valence-corrected chi connectivity index (χ4v) is 5.31. The van der Waals surface area contributed by atoms with Gasteiger partial charge >= 0.3 is 0 Å². The van der Waals surface area contributed by atoms with E-state index in [1.807, 2.05) is 11.8 Å². The van der Waals surface area contributed by atoms with Crippen LogP contribution in [0.1, 0.15) is 43.5 Å². The Morgan fingerprint density at radius 1 is 1.18 bits per heavy atom. The number of nitrogens with one attached hydrogen (secondary N) is 2. The first-order valence-electron chi connectivity index (χ1n) is 10.9. The molecule has 0 aliphatic carbocycles. The quantitative estimate of drug-likeness (QED) is 0.541. The van der Waals surface area contributed by atoms with Crippen molar-refractivity contribution in [2.45, 2.75) is 44.0 Å². The Labute approximate surface area is 193 Å². The molecule has 33 heavy (non-hydrogen) atoms. The van der Waals surface area contributed by atoms with Gasteiger partial charge in [0, 0.05) is 30.7 Å². The largest absolute Gasteiger partial charge is 0.370 e. The SMILES string of the molecule is CC[C@H](C)NS(=O)(=O)c1cc(NC(=O)c2ccccc2F)ccc1N1CCC(C(N)=O)CC1. The summed E-state index contributed by atoms with van der Waals surface area (Å²) in [6.07, 6.45) is 1.65. The molecule has 0 radical (unpaired) electrons. The predicted molar refractivity (Wildman–Crippen MR) is 125 cm³/mol. The molecule has 1 heterocycles. The number of primary amides is 1. The number of nitrogens with two attached hydrogens (primary N) is 1. The van der Waals surface area contributed by atoms with Crippen LogP contribution in [0.4, 0.5) is 15.8 Å². The van der Waals surface area contributed by atoms with E-state index in [0.29, 0.717) is 38.0 Å². The fraction of sp³-hybridized carbons (Fsp3) is 0.391. The monoisotopic (exact) mass is 476 g/mol. The second-order valence-corrected chi connectivity index (χ2v) is 9.89. The molecule has 4 N–H and O–H groups in total. The first-order chi connectivity index (χ1) is 15.6. The zero-order valence-electron chi connectivity index (χ0n) is 18.7. The zero-order valence-corrected chi connectivity index (χ0v) is 19.5. The average molecular weight is 477 g/mol. The molecule has 0 unspecified atom stereocenters. The maximum atomic E-state index is 14.0. The van der Waals surface area contributed by atoms with E-state index in [4.69, 9.17) is 5.73 Å². The minimum absolute atomic E-state index is 0.00617. The molecule has 1 saturated heterocycles. The van der Waals surface area contributed by atoms with Crippen LogP contribution in [0, 0.1) is 11.7 Å². The summed E-state index contributed by atoms with van der Waals surface area (Å²) in [6, 6.07) is 9.84. The normalized spacial score (nSPS) is 15.8. The number of carbonyl (C=O) groups is 2. The summed E-state index contributed by atoms with van der Waals surface area (Å²) in [5.74, 6) is -1.94. The van der Waals surface area contributed by atoms with Gasteiger partial charge in [-0.1, -0.05) is 19.1 Å². The standard InChI is InChI=1S/C23H29FN4O4S/c1-3-15(2)27-33(31,32)21-14-17(26-23(30)18-6-4-5-7-19(18)24)8-9-20(21)28-12-10-16(11-13-28)22(25)29/h4-9,14-16,27H,3,10-13H2,1-2H3,(H2,25,29)(H,26,30)/t15-/m0/s1. The molecular weight excluding hydrogens is 447 g/mol. The third-order valence-electron chi connectivity index (χ3n) is 5.83. The smallest absolute Gasteiger partial charge is 0.258 e. The summed E-state index contributed by atoms with van der Waals surface area (Å²) in [7, 11) is -3.92. The number of rotatable bonds is 8. The van der Waals surface area contributed by atoms with E-state index < -0.39 is 21.7 Å². The minimum atomic E-state index is -3.92. The topological polar surface area (TPSA) is 122 Å². The third kappa shape index (κ3) is 5.88. The van der Waals surface area contributed by atoms with Crippen molar-refractivity contribution in [3.05, 3.63) is 53.8 Å². The molecule has 178 valence electrons. The molecular formula is C23H29FN4O4S. The molecule has 0 bridgehead atoms. The predicted octanol–water partition coefficient (Wildman–Crippen LogP) is 2.86. The van der Waals surface area contributed by atoms with Crippen LogP contribution in [0.5, 0.6) is 0 Å². The van der Waals surface area contributed by atoms with Crippen molar-refractivity contribution in [2.24, 2.45) is 11.7 Å². The van der Waals surface area contributed by atoms with Crippen LogP contribution in [0.3, 0.4) is 0 Å². The van der Waals surface area contributed by atoms with Gasteiger partial charge in [-0.05, 0) is 56.5 Å². The number of piperidine rings is 1.